The standard InChI is InChI=1S/C13H15F3N2O.ClH/c14-13(15,16)11-3-1-9(2-4-11)5-12(19)18-8-10-6-17-7-10;/h1-4,10,17H,5-8H2,(H,18,19);1H. The van der Waals surface area contributed by atoms with Crippen molar-refractivity contribution in [1.82, 2.24) is 10.6 Å². The van der Waals surface area contributed by atoms with Crippen LogP contribution in [0.4, 0.5) is 13.2 Å². The number of benzene rings is 1. The van der Waals surface area contributed by atoms with E-state index in [1.807, 2.05) is 0 Å². The van der Waals surface area contributed by atoms with Gasteiger partial charge in [-0.25, -0.2) is 0 Å². The molecule has 2 rings (SSSR count). The highest BCUT2D eigenvalue weighted by molar-refractivity contribution is 5.85. The van der Waals surface area contributed by atoms with Crippen LogP contribution in [0.3, 0.4) is 0 Å². The van der Waals surface area contributed by atoms with Gasteiger partial charge in [-0.3, -0.25) is 4.79 Å². The second kappa shape index (κ2) is 6.95. The molecule has 1 aliphatic rings. The van der Waals surface area contributed by atoms with Crippen molar-refractivity contribution in [2.45, 2.75) is 12.6 Å². The summed E-state index contributed by atoms with van der Waals surface area (Å²) >= 11 is 0. The largest absolute Gasteiger partial charge is 0.416 e. The van der Waals surface area contributed by atoms with Gasteiger partial charge in [-0.2, -0.15) is 13.2 Å². The van der Waals surface area contributed by atoms with Crippen molar-refractivity contribution in [1.29, 1.82) is 0 Å². The molecule has 3 nitrogen and oxygen atoms in total. The fourth-order valence-corrected chi connectivity index (χ4v) is 1.81. The van der Waals surface area contributed by atoms with Gasteiger partial charge in [0.1, 0.15) is 0 Å². The summed E-state index contributed by atoms with van der Waals surface area (Å²) in [5.74, 6) is 0.309. The Kier molecular flexibility index (Phi) is 5.83. The summed E-state index contributed by atoms with van der Waals surface area (Å²) in [7, 11) is 0. The van der Waals surface area contributed by atoms with Gasteiger partial charge in [-0.15, -0.1) is 12.4 Å². The molecule has 0 bridgehead atoms. The van der Waals surface area contributed by atoms with Gasteiger partial charge in [0, 0.05) is 25.6 Å². The van der Waals surface area contributed by atoms with E-state index in [9.17, 15) is 18.0 Å². The maximum Gasteiger partial charge on any atom is 0.416 e. The summed E-state index contributed by atoms with van der Waals surface area (Å²) in [5, 5.41) is 5.87. The van der Waals surface area contributed by atoms with Crippen molar-refractivity contribution in [3.63, 3.8) is 0 Å². The lowest BCUT2D eigenvalue weighted by Crippen LogP contribution is -2.48. The molecule has 1 aliphatic heterocycles. The van der Waals surface area contributed by atoms with Crippen LogP contribution in [0.25, 0.3) is 0 Å². The second-order valence-electron chi connectivity index (χ2n) is 4.70. The van der Waals surface area contributed by atoms with Crippen LogP contribution in [0.5, 0.6) is 0 Å². The van der Waals surface area contributed by atoms with Gasteiger partial charge in [0.25, 0.3) is 0 Å². The third kappa shape index (κ3) is 4.68. The fourth-order valence-electron chi connectivity index (χ4n) is 1.81. The molecular weight excluding hydrogens is 293 g/mol. The molecule has 0 atom stereocenters. The number of hydrogen-bond acceptors (Lipinski definition) is 2. The number of amides is 1. The molecular formula is C13H16ClF3N2O. The first kappa shape index (κ1) is 16.8. The van der Waals surface area contributed by atoms with E-state index >= 15 is 0 Å². The van der Waals surface area contributed by atoms with Crippen LogP contribution in [0.1, 0.15) is 11.1 Å². The first-order chi connectivity index (χ1) is 8.95. The van der Waals surface area contributed by atoms with Crippen molar-refractivity contribution >= 4 is 18.3 Å². The highest BCUT2D eigenvalue weighted by atomic mass is 35.5. The van der Waals surface area contributed by atoms with Crippen LogP contribution in [0, 0.1) is 5.92 Å². The van der Waals surface area contributed by atoms with Crippen molar-refractivity contribution in [2.75, 3.05) is 19.6 Å². The maximum atomic E-state index is 12.4. The Morgan fingerprint density at radius 2 is 1.85 bits per heavy atom. The molecule has 7 heteroatoms. The molecule has 1 fully saturated rings. The lowest BCUT2D eigenvalue weighted by atomic mass is 10.0. The Morgan fingerprint density at radius 1 is 1.25 bits per heavy atom. The Balaban J connectivity index is 0.00000200. The van der Waals surface area contributed by atoms with Crippen molar-refractivity contribution < 1.29 is 18.0 Å². The molecule has 0 aliphatic carbocycles. The summed E-state index contributed by atoms with van der Waals surface area (Å²) in [4.78, 5) is 11.6. The minimum absolute atomic E-state index is 0. The molecule has 1 saturated heterocycles. The van der Waals surface area contributed by atoms with E-state index in [1.165, 1.54) is 12.1 Å². The average Bonchev–Trinajstić information content (AvgIpc) is 2.26. The van der Waals surface area contributed by atoms with E-state index in [1.54, 1.807) is 0 Å². The van der Waals surface area contributed by atoms with Crippen molar-refractivity contribution in [2.24, 2.45) is 5.92 Å². The van der Waals surface area contributed by atoms with Gasteiger partial charge in [0.2, 0.25) is 5.91 Å². The van der Waals surface area contributed by atoms with Gasteiger partial charge in [-0.1, -0.05) is 12.1 Å². The number of rotatable bonds is 4. The molecule has 1 aromatic rings. The molecule has 0 unspecified atom stereocenters. The molecule has 2 N–H and O–H groups in total. The lowest BCUT2D eigenvalue weighted by Gasteiger charge is -2.27. The zero-order chi connectivity index (χ0) is 13.9. The van der Waals surface area contributed by atoms with Crippen molar-refractivity contribution in [3.05, 3.63) is 35.4 Å². The van der Waals surface area contributed by atoms with Gasteiger partial charge in [0.15, 0.2) is 0 Å². The number of nitrogens with one attached hydrogen (secondary N) is 2. The van der Waals surface area contributed by atoms with E-state index in [0.717, 1.165) is 25.2 Å². The van der Waals surface area contributed by atoms with Crippen LogP contribution in [0.2, 0.25) is 0 Å². The molecule has 0 saturated carbocycles. The quantitative estimate of drug-likeness (QED) is 0.893. The molecule has 1 heterocycles. The van der Waals surface area contributed by atoms with Crippen LogP contribution < -0.4 is 10.6 Å². The Hall–Kier alpha value is -1.27. The molecule has 0 spiro atoms. The average molecular weight is 309 g/mol. The van der Waals surface area contributed by atoms with Crippen LogP contribution in [-0.2, 0) is 17.4 Å². The number of alkyl halides is 3. The molecule has 0 aromatic heterocycles. The second-order valence-corrected chi connectivity index (χ2v) is 4.70. The third-order valence-electron chi connectivity index (χ3n) is 3.10. The Labute approximate surface area is 121 Å². The molecule has 0 radical (unpaired) electrons. The monoisotopic (exact) mass is 308 g/mol. The number of halogens is 4. The van der Waals surface area contributed by atoms with Gasteiger partial charge in [-0.05, 0) is 17.7 Å². The first-order valence-electron chi connectivity index (χ1n) is 6.08. The third-order valence-corrected chi connectivity index (χ3v) is 3.10. The maximum absolute atomic E-state index is 12.4. The zero-order valence-electron chi connectivity index (χ0n) is 10.7. The predicted molar refractivity (Wildman–Crippen MR) is 71.8 cm³/mol. The summed E-state index contributed by atoms with van der Waals surface area (Å²) in [6.07, 6.45) is -4.23. The summed E-state index contributed by atoms with van der Waals surface area (Å²) < 4.78 is 37.1. The van der Waals surface area contributed by atoms with Crippen LogP contribution in [-0.4, -0.2) is 25.5 Å². The van der Waals surface area contributed by atoms with E-state index in [4.69, 9.17) is 0 Å². The minimum atomic E-state index is -4.34. The predicted octanol–water partition coefficient (Wildman–Crippen LogP) is 2.01. The number of carbonyl (C=O) groups excluding carboxylic acids is 1. The van der Waals surface area contributed by atoms with Gasteiger partial charge in [0.05, 0.1) is 12.0 Å². The normalized spacial score (nSPS) is 15.2. The summed E-state index contributed by atoms with van der Waals surface area (Å²) in [6, 6.07) is 4.68. The topological polar surface area (TPSA) is 41.1 Å². The smallest absolute Gasteiger partial charge is 0.355 e. The van der Waals surface area contributed by atoms with Crippen LogP contribution in [0.15, 0.2) is 24.3 Å². The lowest BCUT2D eigenvalue weighted by molar-refractivity contribution is -0.137. The van der Waals surface area contributed by atoms with Crippen molar-refractivity contribution in [3.8, 4) is 0 Å². The first-order valence-corrected chi connectivity index (χ1v) is 6.08. The zero-order valence-corrected chi connectivity index (χ0v) is 11.5. The van der Waals surface area contributed by atoms with Gasteiger partial charge < -0.3 is 10.6 Å². The van der Waals surface area contributed by atoms with E-state index in [2.05, 4.69) is 10.6 Å². The number of hydrogen-bond donors (Lipinski definition) is 2. The SMILES string of the molecule is Cl.O=C(Cc1ccc(C(F)(F)F)cc1)NCC1CNC1. The van der Waals surface area contributed by atoms with E-state index in [-0.39, 0.29) is 24.7 Å². The van der Waals surface area contributed by atoms with E-state index < -0.39 is 11.7 Å². The van der Waals surface area contributed by atoms with E-state index in [0.29, 0.717) is 18.0 Å². The van der Waals surface area contributed by atoms with Crippen LogP contribution >= 0.6 is 12.4 Å². The highest BCUT2D eigenvalue weighted by Gasteiger charge is 2.29. The fraction of sp³-hybridized carbons (Fsp3) is 0.462. The molecule has 20 heavy (non-hydrogen) atoms. The summed E-state index contributed by atoms with van der Waals surface area (Å²) in [6.45, 7) is 2.42. The highest BCUT2D eigenvalue weighted by Crippen LogP contribution is 2.29. The molecule has 1 amide bonds. The van der Waals surface area contributed by atoms with Gasteiger partial charge >= 0.3 is 6.18 Å². The number of carbonyl (C=O) groups is 1. The Bertz CT molecular complexity index is 444. The minimum Gasteiger partial charge on any atom is -0.355 e. The Morgan fingerprint density at radius 3 is 2.30 bits per heavy atom. The summed E-state index contributed by atoms with van der Waals surface area (Å²) in [5.41, 5.74) is -0.116. The molecule has 112 valence electrons. The molecule has 1 aromatic carbocycles.